The molecule has 5 nitrogen and oxygen atoms in total. The summed E-state index contributed by atoms with van der Waals surface area (Å²) in [4.78, 5) is 23.3. The summed E-state index contributed by atoms with van der Waals surface area (Å²) in [5, 5.41) is 8.85. The van der Waals surface area contributed by atoms with Crippen LogP contribution in [0.25, 0.3) is 0 Å². The Bertz CT molecular complexity index is 752. The van der Waals surface area contributed by atoms with Crippen LogP contribution in [-0.4, -0.2) is 28.5 Å². The van der Waals surface area contributed by atoms with Crippen molar-refractivity contribution < 1.29 is 28.2 Å². The average Bonchev–Trinajstić information content (AvgIpc) is 2.74. The van der Waals surface area contributed by atoms with E-state index < -0.39 is 23.4 Å². The van der Waals surface area contributed by atoms with Crippen molar-refractivity contribution in [1.29, 1.82) is 0 Å². The third kappa shape index (κ3) is 2.83. The Balaban J connectivity index is 2.53. The molecule has 2 aromatic rings. The molecule has 1 aromatic carbocycles. The molecule has 0 bridgehead atoms. The minimum atomic E-state index is -1.07. The largest absolute Gasteiger partial charge is 0.494 e. The molecule has 0 atom stereocenters. The highest BCUT2D eigenvalue weighted by Gasteiger charge is 2.24. The standard InChI is InChI=1S/C15H13F2NO4/c1-18-9(7-13(19)20)6-12(22-2)14(18)15(21)10-4-3-8(16)5-11(10)17/h3-6H,7H2,1-2H3,(H,19,20). The van der Waals surface area contributed by atoms with E-state index in [1.54, 1.807) is 0 Å². The lowest BCUT2D eigenvalue weighted by Crippen LogP contribution is -2.13. The third-order valence-corrected chi connectivity index (χ3v) is 3.24. The summed E-state index contributed by atoms with van der Waals surface area (Å²) in [6.45, 7) is 0. The Kier molecular flexibility index (Phi) is 4.25. The fraction of sp³-hybridized carbons (Fsp3) is 0.200. The van der Waals surface area contributed by atoms with Crippen LogP contribution < -0.4 is 4.74 Å². The second-order valence-corrected chi connectivity index (χ2v) is 4.64. The van der Waals surface area contributed by atoms with Crippen LogP contribution >= 0.6 is 0 Å². The first kappa shape index (κ1) is 15.7. The number of nitrogens with zero attached hydrogens (tertiary/aromatic N) is 1. The van der Waals surface area contributed by atoms with Gasteiger partial charge < -0.3 is 14.4 Å². The van der Waals surface area contributed by atoms with Crippen LogP contribution in [-0.2, 0) is 18.3 Å². The van der Waals surface area contributed by atoms with Crippen LogP contribution in [0, 0.1) is 11.6 Å². The van der Waals surface area contributed by atoms with Crippen molar-refractivity contribution in [3.63, 3.8) is 0 Å². The Labute approximate surface area is 124 Å². The van der Waals surface area contributed by atoms with Gasteiger partial charge in [0.15, 0.2) is 0 Å². The molecular formula is C15H13F2NO4. The second-order valence-electron chi connectivity index (χ2n) is 4.64. The minimum Gasteiger partial charge on any atom is -0.494 e. The fourth-order valence-corrected chi connectivity index (χ4v) is 2.17. The summed E-state index contributed by atoms with van der Waals surface area (Å²) in [6, 6.07) is 4.03. The van der Waals surface area contributed by atoms with Gasteiger partial charge in [0.05, 0.1) is 19.1 Å². The summed E-state index contributed by atoms with van der Waals surface area (Å²) in [6.07, 6.45) is -0.313. The van der Waals surface area contributed by atoms with Gasteiger partial charge in [0.2, 0.25) is 5.78 Å². The van der Waals surface area contributed by atoms with Crippen molar-refractivity contribution in [2.24, 2.45) is 7.05 Å². The summed E-state index contributed by atoms with van der Waals surface area (Å²) in [5.74, 6) is -3.44. The molecule has 2 rings (SSSR count). The van der Waals surface area contributed by atoms with Crippen LogP contribution in [0.1, 0.15) is 21.7 Å². The molecule has 22 heavy (non-hydrogen) atoms. The van der Waals surface area contributed by atoms with E-state index in [2.05, 4.69) is 0 Å². The van der Waals surface area contributed by atoms with Crippen LogP contribution in [0.2, 0.25) is 0 Å². The molecule has 0 aliphatic heterocycles. The number of rotatable bonds is 5. The van der Waals surface area contributed by atoms with E-state index in [-0.39, 0.29) is 23.4 Å². The Morgan fingerprint density at radius 2 is 1.95 bits per heavy atom. The first-order valence-electron chi connectivity index (χ1n) is 6.29. The molecule has 0 aliphatic carbocycles. The lowest BCUT2D eigenvalue weighted by atomic mass is 10.1. The van der Waals surface area contributed by atoms with Crippen LogP contribution in [0.15, 0.2) is 24.3 Å². The van der Waals surface area contributed by atoms with Gasteiger partial charge in [0, 0.05) is 24.9 Å². The number of ether oxygens (including phenoxy) is 1. The van der Waals surface area contributed by atoms with Gasteiger partial charge in [0.1, 0.15) is 23.1 Å². The van der Waals surface area contributed by atoms with Gasteiger partial charge in [-0.1, -0.05) is 0 Å². The Morgan fingerprint density at radius 3 is 2.50 bits per heavy atom. The first-order chi connectivity index (χ1) is 10.3. The molecular weight excluding hydrogens is 296 g/mol. The number of aromatic nitrogens is 1. The number of ketones is 1. The molecule has 0 aliphatic rings. The lowest BCUT2D eigenvalue weighted by molar-refractivity contribution is -0.136. The topological polar surface area (TPSA) is 68.5 Å². The number of carbonyl (C=O) groups is 2. The van der Waals surface area contributed by atoms with Gasteiger partial charge >= 0.3 is 5.97 Å². The van der Waals surface area contributed by atoms with Gasteiger partial charge in [-0.05, 0) is 12.1 Å². The summed E-state index contributed by atoms with van der Waals surface area (Å²) < 4.78 is 33.1. The van der Waals surface area contributed by atoms with Crippen LogP contribution in [0.3, 0.4) is 0 Å². The van der Waals surface area contributed by atoms with E-state index in [0.29, 0.717) is 11.8 Å². The summed E-state index contributed by atoms with van der Waals surface area (Å²) >= 11 is 0. The SMILES string of the molecule is COc1cc(CC(=O)O)n(C)c1C(=O)c1ccc(F)cc1F. The number of carboxylic acid groups (broad SMARTS) is 1. The number of carboxylic acids is 1. The number of aliphatic carboxylic acids is 1. The van der Waals surface area contributed by atoms with Crippen molar-refractivity contribution >= 4 is 11.8 Å². The average molecular weight is 309 g/mol. The predicted octanol–water partition coefficient (Wildman–Crippen LogP) is 2.17. The fourth-order valence-electron chi connectivity index (χ4n) is 2.17. The Hall–Kier alpha value is -2.70. The van der Waals surface area contributed by atoms with E-state index in [0.717, 1.165) is 12.1 Å². The molecule has 0 spiro atoms. The maximum Gasteiger partial charge on any atom is 0.309 e. The number of hydrogen-bond acceptors (Lipinski definition) is 3. The van der Waals surface area contributed by atoms with Gasteiger partial charge in [-0.3, -0.25) is 9.59 Å². The monoisotopic (exact) mass is 309 g/mol. The maximum atomic E-state index is 13.8. The predicted molar refractivity (Wildman–Crippen MR) is 73.1 cm³/mol. The number of methoxy groups -OCH3 is 1. The van der Waals surface area contributed by atoms with E-state index in [1.165, 1.54) is 24.8 Å². The van der Waals surface area contributed by atoms with Gasteiger partial charge in [-0.15, -0.1) is 0 Å². The van der Waals surface area contributed by atoms with Gasteiger partial charge in [0.25, 0.3) is 0 Å². The molecule has 0 amide bonds. The molecule has 0 radical (unpaired) electrons. The summed E-state index contributed by atoms with van der Waals surface area (Å²) in [7, 11) is 2.80. The Morgan fingerprint density at radius 1 is 1.27 bits per heavy atom. The van der Waals surface area contributed by atoms with Crippen molar-refractivity contribution in [2.75, 3.05) is 7.11 Å². The van der Waals surface area contributed by atoms with E-state index in [1.807, 2.05) is 0 Å². The maximum absolute atomic E-state index is 13.8. The number of carbonyl (C=O) groups excluding carboxylic acids is 1. The lowest BCUT2D eigenvalue weighted by Gasteiger charge is -2.08. The highest BCUT2D eigenvalue weighted by molar-refractivity contribution is 6.10. The first-order valence-corrected chi connectivity index (χ1v) is 6.29. The molecule has 1 N–H and O–H groups in total. The van der Waals surface area contributed by atoms with Crippen molar-refractivity contribution in [3.8, 4) is 5.75 Å². The zero-order valence-corrected chi connectivity index (χ0v) is 11.9. The van der Waals surface area contributed by atoms with Crippen molar-refractivity contribution in [2.45, 2.75) is 6.42 Å². The zero-order chi connectivity index (χ0) is 16.4. The summed E-state index contributed by atoms with van der Waals surface area (Å²) in [5.41, 5.74) is 0.0160. The molecule has 116 valence electrons. The minimum absolute atomic E-state index is 0.00394. The normalized spacial score (nSPS) is 10.5. The molecule has 0 saturated carbocycles. The molecule has 7 heteroatoms. The van der Waals surface area contributed by atoms with Crippen molar-refractivity contribution in [1.82, 2.24) is 4.57 Å². The molecule has 1 aromatic heterocycles. The van der Waals surface area contributed by atoms with Gasteiger partial charge in [-0.2, -0.15) is 0 Å². The van der Waals surface area contributed by atoms with E-state index >= 15 is 0 Å². The van der Waals surface area contributed by atoms with E-state index in [9.17, 15) is 18.4 Å². The van der Waals surface area contributed by atoms with E-state index in [4.69, 9.17) is 9.84 Å². The quantitative estimate of drug-likeness (QED) is 0.860. The highest BCUT2D eigenvalue weighted by atomic mass is 19.1. The molecule has 0 fully saturated rings. The highest BCUT2D eigenvalue weighted by Crippen LogP contribution is 2.27. The third-order valence-electron chi connectivity index (χ3n) is 3.24. The van der Waals surface area contributed by atoms with Crippen LogP contribution in [0.5, 0.6) is 5.75 Å². The molecule has 0 saturated heterocycles. The number of hydrogen-bond donors (Lipinski definition) is 1. The van der Waals surface area contributed by atoms with Gasteiger partial charge in [-0.25, -0.2) is 8.78 Å². The van der Waals surface area contributed by atoms with Crippen LogP contribution in [0.4, 0.5) is 8.78 Å². The smallest absolute Gasteiger partial charge is 0.309 e. The molecule has 0 unspecified atom stereocenters. The number of halogens is 2. The number of benzene rings is 1. The van der Waals surface area contributed by atoms with Crippen molar-refractivity contribution in [3.05, 3.63) is 52.9 Å². The second kappa shape index (κ2) is 5.97. The zero-order valence-electron chi connectivity index (χ0n) is 11.9. The molecule has 1 heterocycles.